The predicted octanol–water partition coefficient (Wildman–Crippen LogP) is 1.28. The van der Waals surface area contributed by atoms with Gasteiger partial charge in [-0.3, -0.25) is 0 Å². The fraction of sp³-hybridized carbons (Fsp3) is 1.00. The Bertz CT molecular complexity index is 311. The van der Waals surface area contributed by atoms with Gasteiger partial charge in [0.2, 0.25) is 0 Å². The predicted molar refractivity (Wildman–Crippen MR) is 76.7 cm³/mol. The summed E-state index contributed by atoms with van der Waals surface area (Å²) in [5.41, 5.74) is 0. The van der Waals surface area contributed by atoms with Crippen LogP contribution in [-0.2, 0) is 9.84 Å². The number of nitrogens with zero attached hydrogens (tertiary/aromatic N) is 1. The number of likely N-dealkylation sites (tertiary alicyclic amines) is 1. The Balaban J connectivity index is 2.06. The Morgan fingerprint density at radius 3 is 2.50 bits per heavy atom. The first-order chi connectivity index (χ1) is 8.53. The maximum Gasteiger partial charge on any atom is 0.151 e. The minimum Gasteiger partial charge on any atom is -0.313 e. The molecule has 0 aliphatic carbocycles. The van der Waals surface area contributed by atoms with E-state index in [1.807, 2.05) is 6.92 Å². The van der Waals surface area contributed by atoms with Crippen molar-refractivity contribution in [3.63, 3.8) is 0 Å². The number of rotatable bonds is 8. The Labute approximate surface area is 112 Å². The quantitative estimate of drug-likeness (QED) is 0.678. The number of piperidine rings is 1. The molecular weight excluding hydrogens is 248 g/mol. The molecule has 0 saturated carbocycles. The molecule has 1 heterocycles. The molecule has 1 rings (SSSR count). The maximum absolute atomic E-state index is 11.4. The van der Waals surface area contributed by atoms with Crippen LogP contribution in [0.15, 0.2) is 0 Å². The third-order valence-electron chi connectivity index (χ3n) is 3.54. The highest BCUT2D eigenvalue weighted by molar-refractivity contribution is 7.91. The molecule has 4 nitrogen and oxygen atoms in total. The van der Waals surface area contributed by atoms with Gasteiger partial charge in [-0.25, -0.2) is 8.42 Å². The second kappa shape index (κ2) is 8.12. The van der Waals surface area contributed by atoms with Crippen molar-refractivity contribution in [1.82, 2.24) is 10.2 Å². The zero-order valence-electron chi connectivity index (χ0n) is 11.8. The normalized spacial score (nSPS) is 19.9. The Kier molecular flexibility index (Phi) is 7.19. The third-order valence-corrected chi connectivity index (χ3v) is 5.42. The molecule has 0 spiro atoms. The van der Waals surface area contributed by atoms with Gasteiger partial charge in [0, 0.05) is 11.8 Å². The van der Waals surface area contributed by atoms with Crippen molar-refractivity contribution < 1.29 is 8.42 Å². The van der Waals surface area contributed by atoms with Crippen LogP contribution in [0, 0.1) is 0 Å². The van der Waals surface area contributed by atoms with Crippen LogP contribution >= 0.6 is 0 Å². The average molecular weight is 276 g/mol. The van der Waals surface area contributed by atoms with Crippen molar-refractivity contribution in [1.29, 1.82) is 0 Å². The summed E-state index contributed by atoms with van der Waals surface area (Å²) in [5, 5.41) is 3.31. The van der Waals surface area contributed by atoms with Crippen LogP contribution in [0.1, 0.15) is 39.5 Å². The standard InChI is InChI=1S/C13H28N2O2S/c1-3-18(16,17)12-13(2)14-8-7-11-15-9-5-4-6-10-15/h13-14H,3-12H2,1-2H3. The minimum absolute atomic E-state index is 0.0660. The van der Waals surface area contributed by atoms with Crippen LogP contribution in [0.3, 0.4) is 0 Å². The summed E-state index contributed by atoms with van der Waals surface area (Å²) in [6.45, 7) is 8.18. The van der Waals surface area contributed by atoms with Gasteiger partial charge in [0.1, 0.15) is 0 Å². The highest BCUT2D eigenvalue weighted by Gasteiger charge is 2.13. The molecule has 1 aliphatic rings. The summed E-state index contributed by atoms with van der Waals surface area (Å²) < 4.78 is 22.9. The van der Waals surface area contributed by atoms with Gasteiger partial charge in [-0.1, -0.05) is 13.3 Å². The molecule has 0 aromatic carbocycles. The van der Waals surface area contributed by atoms with Crippen molar-refractivity contribution in [2.24, 2.45) is 0 Å². The summed E-state index contributed by atoms with van der Waals surface area (Å²) in [4.78, 5) is 2.51. The van der Waals surface area contributed by atoms with Gasteiger partial charge in [-0.2, -0.15) is 0 Å². The van der Waals surface area contributed by atoms with E-state index < -0.39 is 9.84 Å². The first kappa shape index (κ1) is 15.9. The van der Waals surface area contributed by atoms with Crippen molar-refractivity contribution in [2.45, 2.75) is 45.6 Å². The van der Waals surface area contributed by atoms with Crippen molar-refractivity contribution in [3.8, 4) is 0 Å². The van der Waals surface area contributed by atoms with Crippen LogP contribution in [0.2, 0.25) is 0 Å². The van der Waals surface area contributed by atoms with Gasteiger partial charge >= 0.3 is 0 Å². The third kappa shape index (κ3) is 6.71. The molecule has 1 N–H and O–H groups in total. The summed E-state index contributed by atoms with van der Waals surface area (Å²) in [5.74, 6) is 0.500. The topological polar surface area (TPSA) is 49.4 Å². The molecule has 1 fully saturated rings. The van der Waals surface area contributed by atoms with Gasteiger partial charge in [-0.05, 0) is 52.4 Å². The van der Waals surface area contributed by atoms with Crippen LogP contribution in [0.25, 0.3) is 0 Å². The number of hydrogen-bond donors (Lipinski definition) is 1. The minimum atomic E-state index is -2.85. The molecule has 0 aromatic rings. The first-order valence-corrected chi connectivity index (χ1v) is 9.02. The lowest BCUT2D eigenvalue weighted by molar-refractivity contribution is 0.225. The monoisotopic (exact) mass is 276 g/mol. The summed E-state index contributed by atoms with van der Waals surface area (Å²) >= 11 is 0. The Hall–Kier alpha value is -0.130. The number of sulfone groups is 1. The van der Waals surface area contributed by atoms with Crippen LogP contribution in [0.4, 0.5) is 0 Å². The molecular formula is C13H28N2O2S. The average Bonchev–Trinajstić information content (AvgIpc) is 2.35. The smallest absolute Gasteiger partial charge is 0.151 e. The molecule has 1 atom stereocenters. The Morgan fingerprint density at radius 2 is 1.89 bits per heavy atom. The fourth-order valence-electron chi connectivity index (χ4n) is 2.39. The van der Waals surface area contributed by atoms with E-state index in [4.69, 9.17) is 0 Å². The molecule has 5 heteroatoms. The lowest BCUT2D eigenvalue weighted by Crippen LogP contribution is -2.36. The lowest BCUT2D eigenvalue weighted by atomic mass is 10.1. The van der Waals surface area contributed by atoms with Crippen LogP contribution < -0.4 is 5.32 Å². The van der Waals surface area contributed by atoms with Gasteiger partial charge < -0.3 is 10.2 Å². The highest BCUT2D eigenvalue weighted by Crippen LogP contribution is 2.08. The molecule has 18 heavy (non-hydrogen) atoms. The van der Waals surface area contributed by atoms with Crippen molar-refractivity contribution in [2.75, 3.05) is 37.7 Å². The van der Waals surface area contributed by atoms with E-state index in [2.05, 4.69) is 10.2 Å². The Morgan fingerprint density at radius 1 is 1.22 bits per heavy atom. The largest absolute Gasteiger partial charge is 0.313 e. The van der Waals surface area contributed by atoms with Gasteiger partial charge in [-0.15, -0.1) is 0 Å². The van der Waals surface area contributed by atoms with Crippen LogP contribution in [-0.4, -0.2) is 57.0 Å². The fourth-order valence-corrected chi connectivity index (χ4v) is 3.51. The molecule has 108 valence electrons. The van der Waals surface area contributed by atoms with Crippen LogP contribution in [0.5, 0.6) is 0 Å². The second-order valence-electron chi connectivity index (χ2n) is 5.31. The molecule has 0 radical (unpaired) electrons. The van der Waals surface area contributed by atoms with E-state index >= 15 is 0 Å². The van der Waals surface area contributed by atoms with Gasteiger partial charge in [0.05, 0.1) is 5.75 Å². The molecule has 0 aromatic heterocycles. The number of nitrogens with one attached hydrogen (secondary N) is 1. The van der Waals surface area contributed by atoms with E-state index in [0.717, 1.165) is 19.5 Å². The lowest BCUT2D eigenvalue weighted by Gasteiger charge is -2.26. The van der Waals surface area contributed by atoms with Crippen molar-refractivity contribution >= 4 is 9.84 Å². The van der Waals surface area contributed by atoms with E-state index in [1.165, 1.54) is 32.4 Å². The molecule has 0 amide bonds. The molecule has 1 unspecified atom stereocenters. The summed E-state index contributed by atoms with van der Waals surface area (Å²) in [7, 11) is -2.85. The van der Waals surface area contributed by atoms with E-state index in [0.29, 0.717) is 0 Å². The second-order valence-corrected chi connectivity index (χ2v) is 7.71. The van der Waals surface area contributed by atoms with E-state index in [1.54, 1.807) is 6.92 Å². The van der Waals surface area contributed by atoms with E-state index in [9.17, 15) is 8.42 Å². The zero-order chi connectivity index (χ0) is 13.4. The maximum atomic E-state index is 11.4. The van der Waals surface area contributed by atoms with Gasteiger partial charge in [0.25, 0.3) is 0 Å². The number of hydrogen-bond acceptors (Lipinski definition) is 4. The summed E-state index contributed by atoms with van der Waals surface area (Å²) in [6.07, 6.45) is 5.15. The highest BCUT2D eigenvalue weighted by atomic mass is 32.2. The SMILES string of the molecule is CCS(=O)(=O)CC(C)NCCCN1CCCCC1. The molecule has 1 aliphatic heterocycles. The molecule has 0 bridgehead atoms. The molecule has 1 saturated heterocycles. The summed E-state index contributed by atoms with van der Waals surface area (Å²) in [6, 6.07) is 0.0660. The van der Waals surface area contributed by atoms with Crippen molar-refractivity contribution in [3.05, 3.63) is 0 Å². The zero-order valence-corrected chi connectivity index (χ0v) is 12.6. The first-order valence-electron chi connectivity index (χ1n) is 7.19. The van der Waals surface area contributed by atoms with E-state index in [-0.39, 0.29) is 17.5 Å². The van der Waals surface area contributed by atoms with Gasteiger partial charge in [0.15, 0.2) is 9.84 Å².